The molecule has 2 heterocycles. The highest BCUT2D eigenvalue weighted by Gasteiger charge is 2.38. The van der Waals surface area contributed by atoms with E-state index in [4.69, 9.17) is 5.11 Å². The predicted octanol–water partition coefficient (Wildman–Crippen LogP) is 2.09. The molecule has 0 bridgehead atoms. The molecule has 3 rings (SSSR count). The van der Waals surface area contributed by atoms with Gasteiger partial charge in [0.05, 0.1) is 11.4 Å². The van der Waals surface area contributed by atoms with Crippen LogP contribution in [-0.2, 0) is 18.3 Å². The number of carboxylic acids is 1. The molecule has 2 aromatic heterocycles. The molecule has 6 nitrogen and oxygen atoms in total. The minimum atomic E-state index is -0.814. The molecule has 20 heavy (non-hydrogen) atoms. The van der Waals surface area contributed by atoms with Gasteiger partial charge >= 0.3 is 5.97 Å². The number of hydrogen-bond donors (Lipinski definition) is 1. The summed E-state index contributed by atoms with van der Waals surface area (Å²) in [5.74, 6) is -0.151. The highest BCUT2D eigenvalue weighted by Crippen LogP contribution is 2.46. The van der Waals surface area contributed by atoms with Crippen molar-refractivity contribution in [3.63, 3.8) is 0 Å². The fourth-order valence-corrected chi connectivity index (χ4v) is 3.38. The van der Waals surface area contributed by atoms with Crippen LogP contribution in [0.15, 0.2) is 5.16 Å². The minimum Gasteiger partial charge on any atom is -0.481 e. The van der Waals surface area contributed by atoms with Crippen LogP contribution in [0.2, 0.25) is 0 Å². The van der Waals surface area contributed by atoms with Crippen molar-refractivity contribution in [2.24, 2.45) is 13.0 Å². The Morgan fingerprint density at radius 1 is 1.55 bits per heavy atom. The Morgan fingerprint density at radius 2 is 2.25 bits per heavy atom. The molecule has 108 valence electrons. The van der Waals surface area contributed by atoms with Crippen molar-refractivity contribution in [1.29, 1.82) is 0 Å². The fourth-order valence-electron chi connectivity index (χ4n) is 2.61. The van der Waals surface area contributed by atoms with Crippen LogP contribution in [0.3, 0.4) is 0 Å². The lowest BCUT2D eigenvalue weighted by Crippen LogP contribution is -2.05. The normalized spacial score (nSPS) is 21.6. The van der Waals surface area contributed by atoms with Crippen LogP contribution in [0, 0.1) is 5.92 Å². The van der Waals surface area contributed by atoms with Gasteiger partial charge in [0.25, 0.3) is 0 Å². The number of nitrogens with zero attached hydrogens (tertiary/aromatic N) is 4. The second-order valence-corrected chi connectivity index (χ2v) is 6.27. The van der Waals surface area contributed by atoms with Crippen molar-refractivity contribution in [2.45, 2.75) is 37.9 Å². The van der Waals surface area contributed by atoms with Crippen LogP contribution in [0.4, 0.5) is 0 Å². The number of hydrogen-bond acceptors (Lipinski definition) is 4. The lowest BCUT2D eigenvalue weighted by molar-refractivity contribution is -0.133. The van der Waals surface area contributed by atoms with Crippen LogP contribution < -0.4 is 0 Å². The smallest absolute Gasteiger partial charge is 0.313 e. The van der Waals surface area contributed by atoms with E-state index in [-0.39, 0.29) is 5.75 Å². The molecule has 0 aliphatic heterocycles. The average molecular weight is 294 g/mol. The molecule has 1 aliphatic rings. The van der Waals surface area contributed by atoms with Crippen LogP contribution in [0.5, 0.6) is 0 Å². The number of fused-ring (bicyclic) bond motifs is 1. The zero-order valence-corrected chi connectivity index (χ0v) is 12.6. The molecule has 2 unspecified atom stereocenters. The number of carboxylic acid groups (broad SMARTS) is 1. The van der Waals surface area contributed by atoms with E-state index in [2.05, 4.69) is 28.5 Å². The molecule has 0 aromatic carbocycles. The highest BCUT2D eigenvalue weighted by molar-refractivity contribution is 7.99. The molecule has 1 saturated carbocycles. The van der Waals surface area contributed by atoms with Crippen molar-refractivity contribution in [3.05, 3.63) is 5.69 Å². The average Bonchev–Trinajstić information content (AvgIpc) is 2.86. The number of aryl methyl sites for hydroxylation is 2. The lowest BCUT2D eigenvalue weighted by atomic mass is 10.3. The molecular weight excluding hydrogens is 276 g/mol. The number of carbonyl (C=O) groups is 1. The standard InChI is InChI=1S/C13H18N4O2S/c1-4-8-11-12(16(3)15-8)17(9-5-7(9)2)13(14-11)20-6-10(18)19/h7,9H,4-6H2,1-3H3,(H,18,19). The van der Waals surface area contributed by atoms with Gasteiger partial charge < -0.3 is 9.67 Å². The summed E-state index contributed by atoms with van der Waals surface area (Å²) in [5.41, 5.74) is 2.91. The summed E-state index contributed by atoms with van der Waals surface area (Å²) < 4.78 is 4.05. The first-order valence-corrected chi connectivity index (χ1v) is 7.79. The van der Waals surface area contributed by atoms with E-state index in [1.165, 1.54) is 11.8 Å². The van der Waals surface area contributed by atoms with E-state index >= 15 is 0 Å². The van der Waals surface area contributed by atoms with E-state index < -0.39 is 5.97 Å². The molecule has 7 heteroatoms. The Hall–Kier alpha value is -1.50. The van der Waals surface area contributed by atoms with Gasteiger partial charge in [0.1, 0.15) is 5.52 Å². The number of rotatable bonds is 5. The van der Waals surface area contributed by atoms with Crippen molar-refractivity contribution < 1.29 is 9.90 Å². The zero-order chi connectivity index (χ0) is 14.4. The van der Waals surface area contributed by atoms with Gasteiger partial charge in [0.15, 0.2) is 10.8 Å². The first-order chi connectivity index (χ1) is 9.52. The van der Waals surface area contributed by atoms with E-state index in [9.17, 15) is 4.79 Å². The van der Waals surface area contributed by atoms with E-state index in [1.54, 1.807) is 0 Å². The van der Waals surface area contributed by atoms with Crippen LogP contribution in [-0.4, -0.2) is 36.2 Å². The third kappa shape index (κ3) is 2.09. The molecule has 0 amide bonds. The Balaban J connectivity index is 2.10. The summed E-state index contributed by atoms with van der Waals surface area (Å²) in [5, 5.41) is 14.2. The molecule has 0 radical (unpaired) electrons. The fraction of sp³-hybridized carbons (Fsp3) is 0.615. The predicted molar refractivity (Wildman–Crippen MR) is 77.1 cm³/mol. The summed E-state index contributed by atoms with van der Waals surface area (Å²) in [7, 11) is 1.93. The Labute approximate surface area is 121 Å². The molecule has 2 atom stereocenters. The maximum Gasteiger partial charge on any atom is 0.313 e. The summed E-state index contributed by atoms with van der Waals surface area (Å²) in [6.45, 7) is 4.27. The molecule has 0 spiro atoms. The molecular formula is C13H18N4O2S. The Kier molecular flexibility index (Phi) is 3.24. The number of thioether (sulfide) groups is 1. The molecule has 1 aliphatic carbocycles. The first kappa shape index (κ1) is 13.5. The number of aromatic nitrogens is 4. The quantitative estimate of drug-likeness (QED) is 0.855. The monoisotopic (exact) mass is 294 g/mol. The summed E-state index contributed by atoms with van der Waals surface area (Å²) >= 11 is 1.29. The number of imidazole rings is 1. The van der Waals surface area contributed by atoms with Crippen LogP contribution >= 0.6 is 11.8 Å². The van der Waals surface area contributed by atoms with Crippen molar-refractivity contribution in [3.8, 4) is 0 Å². The van der Waals surface area contributed by atoms with E-state index in [1.807, 2.05) is 11.7 Å². The molecule has 1 fully saturated rings. The first-order valence-electron chi connectivity index (χ1n) is 6.81. The Bertz CT molecular complexity index is 676. The maximum absolute atomic E-state index is 10.8. The van der Waals surface area contributed by atoms with Crippen molar-refractivity contribution >= 4 is 28.9 Å². The van der Waals surface area contributed by atoms with Crippen molar-refractivity contribution in [2.75, 3.05) is 5.75 Å². The van der Waals surface area contributed by atoms with Gasteiger partial charge in [0.2, 0.25) is 0 Å². The van der Waals surface area contributed by atoms with Gasteiger partial charge in [-0.05, 0) is 18.8 Å². The Morgan fingerprint density at radius 3 is 2.80 bits per heavy atom. The summed E-state index contributed by atoms with van der Waals surface area (Å²) in [4.78, 5) is 15.5. The number of aliphatic carboxylic acids is 1. The molecule has 1 N–H and O–H groups in total. The molecule has 2 aromatic rings. The van der Waals surface area contributed by atoms with E-state index in [0.29, 0.717) is 12.0 Å². The third-order valence-corrected chi connectivity index (χ3v) is 4.70. The van der Waals surface area contributed by atoms with Crippen LogP contribution in [0.25, 0.3) is 11.2 Å². The third-order valence-electron chi connectivity index (χ3n) is 3.76. The second-order valence-electron chi connectivity index (χ2n) is 5.32. The van der Waals surface area contributed by atoms with E-state index in [0.717, 1.165) is 34.9 Å². The zero-order valence-electron chi connectivity index (χ0n) is 11.8. The van der Waals surface area contributed by atoms with Crippen LogP contribution in [0.1, 0.15) is 32.0 Å². The van der Waals surface area contributed by atoms with Gasteiger partial charge in [-0.3, -0.25) is 9.48 Å². The minimum absolute atomic E-state index is 0.0410. The van der Waals surface area contributed by atoms with Gasteiger partial charge in [-0.1, -0.05) is 25.6 Å². The SMILES string of the molecule is CCc1nn(C)c2c1nc(SCC(=O)O)n2C1CC1C. The van der Waals surface area contributed by atoms with Gasteiger partial charge in [0, 0.05) is 13.1 Å². The highest BCUT2D eigenvalue weighted by atomic mass is 32.2. The summed E-state index contributed by atoms with van der Waals surface area (Å²) in [6.07, 6.45) is 1.95. The summed E-state index contributed by atoms with van der Waals surface area (Å²) in [6, 6.07) is 0.427. The van der Waals surface area contributed by atoms with Gasteiger partial charge in [-0.15, -0.1) is 0 Å². The second kappa shape index (κ2) is 4.80. The lowest BCUT2D eigenvalue weighted by Gasteiger charge is -2.07. The van der Waals surface area contributed by atoms with Gasteiger partial charge in [-0.25, -0.2) is 4.98 Å². The topological polar surface area (TPSA) is 72.9 Å². The maximum atomic E-state index is 10.8. The van der Waals surface area contributed by atoms with Crippen molar-refractivity contribution in [1.82, 2.24) is 19.3 Å². The molecule has 0 saturated heterocycles. The largest absolute Gasteiger partial charge is 0.481 e. The van der Waals surface area contributed by atoms with Gasteiger partial charge in [-0.2, -0.15) is 5.10 Å².